The van der Waals surface area contributed by atoms with E-state index in [0.29, 0.717) is 41.8 Å². The molecule has 9 heteroatoms. The fourth-order valence-electron chi connectivity index (χ4n) is 8.82. The average molecular weight is 659 g/mol. The van der Waals surface area contributed by atoms with Gasteiger partial charge in [0.05, 0.1) is 20.1 Å². The third-order valence-corrected chi connectivity index (χ3v) is 10.8. The molecule has 1 spiro atoms. The van der Waals surface area contributed by atoms with Crippen LogP contribution < -0.4 is 19.9 Å². The monoisotopic (exact) mass is 658 g/mol. The molecule has 0 amide bonds. The SMILES string of the molecule is COc1cc2c(cc1O)CC#Cc1nc(N)ccc1C[C@H]1CC[C@]3(Cc4cc(O)cc(OC)c4-c4ccc5c(c43)O[C@H]2[C@H]5COC(C)=O)C1. The summed E-state index contributed by atoms with van der Waals surface area (Å²) in [7, 11) is 3.14. The second-order valence-corrected chi connectivity index (χ2v) is 13.8. The molecule has 0 radical (unpaired) electrons. The van der Waals surface area contributed by atoms with Crippen molar-refractivity contribution in [2.75, 3.05) is 26.6 Å². The first-order chi connectivity index (χ1) is 23.7. The number of hydrogen-bond acceptors (Lipinski definition) is 9. The molecule has 4 aromatic rings. The number of rotatable bonds is 4. The van der Waals surface area contributed by atoms with Gasteiger partial charge in [-0.15, -0.1) is 0 Å². The zero-order valence-electron chi connectivity index (χ0n) is 27.8. The molecular formula is C40H38N2O7. The van der Waals surface area contributed by atoms with Crippen molar-refractivity contribution in [2.45, 2.75) is 62.9 Å². The fraction of sp³-hybridized carbons (Fsp3) is 0.350. The molecule has 3 aromatic carbocycles. The number of benzene rings is 3. The van der Waals surface area contributed by atoms with E-state index in [1.54, 1.807) is 25.3 Å². The number of methoxy groups -OCH3 is 2. The molecule has 0 unspecified atom stereocenters. The molecule has 2 aliphatic carbocycles. The maximum Gasteiger partial charge on any atom is 0.302 e. The molecule has 3 heterocycles. The Balaban J connectivity index is 1.40. The number of nitrogen functional groups attached to an aromatic ring is 1. The van der Waals surface area contributed by atoms with Crippen LogP contribution >= 0.6 is 0 Å². The Bertz CT molecular complexity index is 2100. The molecule has 250 valence electrons. The first kappa shape index (κ1) is 30.9. The molecule has 4 N–H and O–H groups in total. The van der Waals surface area contributed by atoms with Crippen LogP contribution in [0.25, 0.3) is 11.1 Å². The number of carbonyl (C=O) groups is 1. The van der Waals surface area contributed by atoms with Crippen molar-refractivity contribution in [2.24, 2.45) is 5.92 Å². The van der Waals surface area contributed by atoms with E-state index in [-0.39, 0.29) is 35.4 Å². The molecular weight excluding hydrogens is 620 g/mol. The van der Waals surface area contributed by atoms with Gasteiger partial charge in [0.15, 0.2) is 11.5 Å². The number of aromatic hydroxyl groups is 2. The van der Waals surface area contributed by atoms with Crippen LogP contribution in [-0.4, -0.2) is 42.0 Å². The van der Waals surface area contributed by atoms with E-state index in [9.17, 15) is 15.0 Å². The summed E-state index contributed by atoms with van der Waals surface area (Å²) in [6.45, 7) is 1.52. The minimum Gasteiger partial charge on any atom is -0.508 e. The minimum absolute atomic E-state index is 0.00335. The summed E-state index contributed by atoms with van der Waals surface area (Å²) in [5.74, 6) is 8.53. The van der Waals surface area contributed by atoms with E-state index in [1.165, 1.54) is 14.0 Å². The Hall–Kier alpha value is -5.36. The molecule has 9 nitrogen and oxygen atoms in total. The van der Waals surface area contributed by atoms with Gasteiger partial charge in [0, 0.05) is 47.1 Å². The molecule has 1 aromatic heterocycles. The van der Waals surface area contributed by atoms with Gasteiger partial charge in [-0.2, -0.15) is 0 Å². The van der Waals surface area contributed by atoms with E-state index in [0.717, 1.165) is 75.9 Å². The lowest BCUT2D eigenvalue weighted by atomic mass is 9.65. The molecule has 8 rings (SSSR count). The van der Waals surface area contributed by atoms with Gasteiger partial charge in [0.2, 0.25) is 0 Å². The van der Waals surface area contributed by atoms with Crippen LogP contribution in [0.1, 0.15) is 77.3 Å². The van der Waals surface area contributed by atoms with E-state index < -0.39 is 6.10 Å². The summed E-state index contributed by atoms with van der Waals surface area (Å²) in [6, 6.07) is 15.1. The van der Waals surface area contributed by atoms with Gasteiger partial charge in [0.25, 0.3) is 0 Å². The molecule has 0 saturated heterocycles. The van der Waals surface area contributed by atoms with Crippen LogP contribution in [0, 0.1) is 17.8 Å². The summed E-state index contributed by atoms with van der Waals surface area (Å²) >= 11 is 0. The first-order valence-electron chi connectivity index (χ1n) is 16.7. The van der Waals surface area contributed by atoms with Gasteiger partial charge < -0.3 is 34.9 Å². The van der Waals surface area contributed by atoms with Crippen LogP contribution in [0.2, 0.25) is 0 Å². The van der Waals surface area contributed by atoms with Gasteiger partial charge in [-0.25, -0.2) is 4.98 Å². The number of fused-ring (bicyclic) bond motifs is 7. The van der Waals surface area contributed by atoms with Crippen LogP contribution in [-0.2, 0) is 34.2 Å². The standard InChI is InChI=1S/C40H38N2O7/c1-21(43)48-20-30-27-8-9-28-36-25(14-26(44)16-34(36)47-3)19-40-12-11-22(18-40)13-24-7-10-35(41)42-31(24)6-4-5-23-15-32(45)33(46-2)17-29(23)38(30)49-39(27)37(28)40/h7-10,14-17,22,30,38,44-45H,5,11-13,18-20H2,1-3H3,(H2,41,42)/t22-,30+,38-,40-/m1/s1. The van der Waals surface area contributed by atoms with E-state index in [4.69, 9.17) is 24.7 Å². The normalized spacial score (nSPS) is 22.6. The van der Waals surface area contributed by atoms with Crippen molar-refractivity contribution in [1.29, 1.82) is 0 Å². The van der Waals surface area contributed by atoms with Crippen molar-refractivity contribution in [1.82, 2.24) is 4.98 Å². The largest absolute Gasteiger partial charge is 0.508 e. The Kier molecular flexibility index (Phi) is 7.36. The quantitative estimate of drug-likeness (QED) is 0.171. The third-order valence-electron chi connectivity index (χ3n) is 10.8. The van der Waals surface area contributed by atoms with Crippen molar-refractivity contribution < 1.29 is 34.0 Å². The highest BCUT2D eigenvalue weighted by Gasteiger charge is 2.50. The molecule has 1 fully saturated rings. The fourth-order valence-corrected chi connectivity index (χ4v) is 8.82. The van der Waals surface area contributed by atoms with Gasteiger partial charge in [-0.3, -0.25) is 4.79 Å². The highest BCUT2D eigenvalue weighted by molar-refractivity contribution is 5.84. The van der Waals surface area contributed by atoms with Gasteiger partial charge in [0.1, 0.15) is 41.5 Å². The Morgan fingerprint density at radius 2 is 1.88 bits per heavy atom. The number of carbonyl (C=O) groups excluding carboxylic acids is 1. The van der Waals surface area contributed by atoms with Crippen LogP contribution in [0.15, 0.2) is 48.5 Å². The number of aromatic nitrogens is 1. The highest BCUT2D eigenvalue weighted by Crippen LogP contribution is 2.62. The van der Waals surface area contributed by atoms with Crippen molar-refractivity contribution in [3.8, 4) is 51.7 Å². The number of nitrogens with zero attached hydrogens (tertiary/aromatic N) is 1. The minimum atomic E-state index is -0.560. The summed E-state index contributed by atoms with van der Waals surface area (Å²) in [6.07, 6.45) is 4.06. The average Bonchev–Trinajstić information content (AvgIpc) is 3.64. The Morgan fingerprint density at radius 1 is 1.04 bits per heavy atom. The number of nitrogens with two attached hydrogens (primary N) is 1. The molecule has 1 saturated carbocycles. The predicted octanol–water partition coefficient (Wildman–Crippen LogP) is 6.28. The second-order valence-electron chi connectivity index (χ2n) is 13.8. The third kappa shape index (κ3) is 5.09. The first-order valence-corrected chi connectivity index (χ1v) is 16.7. The number of phenols is 2. The lowest BCUT2D eigenvalue weighted by molar-refractivity contribution is -0.141. The predicted molar refractivity (Wildman–Crippen MR) is 183 cm³/mol. The number of phenolic OH excluding ortho intramolecular Hbond substituents is 2. The molecule has 4 atom stereocenters. The van der Waals surface area contributed by atoms with Crippen LogP contribution in [0.5, 0.6) is 28.7 Å². The molecule has 4 aliphatic rings. The Morgan fingerprint density at radius 3 is 2.67 bits per heavy atom. The summed E-state index contributed by atoms with van der Waals surface area (Å²) in [5.41, 5.74) is 14.3. The topological polar surface area (TPSA) is 133 Å². The number of hydrogen-bond donors (Lipinski definition) is 3. The number of esters is 1. The van der Waals surface area contributed by atoms with Crippen molar-refractivity contribution in [3.05, 3.63) is 87.6 Å². The van der Waals surface area contributed by atoms with E-state index >= 15 is 0 Å². The maximum atomic E-state index is 12.2. The molecule has 4 bridgehead atoms. The highest BCUT2D eigenvalue weighted by atomic mass is 16.5. The van der Waals surface area contributed by atoms with E-state index in [1.807, 2.05) is 18.2 Å². The summed E-state index contributed by atoms with van der Waals surface area (Å²) in [5, 5.41) is 21.7. The van der Waals surface area contributed by atoms with Gasteiger partial charge >= 0.3 is 5.97 Å². The number of pyridine rings is 1. The van der Waals surface area contributed by atoms with E-state index in [2.05, 4.69) is 29.0 Å². The number of ether oxygens (including phenoxy) is 4. The van der Waals surface area contributed by atoms with Crippen molar-refractivity contribution >= 4 is 11.8 Å². The molecule has 49 heavy (non-hydrogen) atoms. The maximum absolute atomic E-state index is 12.2. The summed E-state index contributed by atoms with van der Waals surface area (Å²) < 4.78 is 24.3. The second kappa shape index (κ2) is 11.7. The van der Waals surface area contributed by atoms with Crippen LogP contribution in [0.3, 0.4) is 0 Å². The zero-order chi connectivity index (χ0) is 34.0. The van der Waals surface area contributed by atoms with Gasteiger partial charge in [-0.05, 0) is 90.5 Å². The van der Waals surface area contributed by atoms with Crippen molar-refractivity contribution in [3.63, 3.8) is 0 Å². The van der Waals surface area contributed by atoms with Gasteiger partial charge in [-0.1, -0.05) is 24.1 Å². The summed E-state index contributed by atoms with van der Waals surface area (Å²) in [4.78, 5) is 16.8. The zero-order valence-corrected chi connectivity index (χ0v) is 27.8. The lowest BCUT2D eigenvalue weighted by Crippen LogP contribution is -2.31. The molecule has 2 aliphatic heterocycles. The smallest absolute Gasteiger partial charge is 0.302 e. The lowest BCUT2D eigenvalue weighted by Gasteiger charge is -2.39. The number of anilines is 1. The van der Waals surface area contributed by atoms with Crippen LogP contribution in [0.4, 0.5) is 5.82 Å². The Labute approximate surface area is 285 Å².